The van der Waals surface area contributed by atoms with Crippen LogP contribution in [0.2, 0.25) is 0 Å². The summed E-state index contributed by atoms with van der Waals surface area (Å²) in [6.07, 6.45) is 0.288. The van der Waals surface area contributed by atoms with E-state index in [0.717, 1.165) is 16.7 Å². The number of nitrogens with zero attached hydrogens (tertiary/aromatic N) is 1. The Balaban J connectivity index is 2.78. The summed E-state index contributed by atoms with van der Waals surface area (Å²) in [6.45, 7) is 11.1. The number of benzene rings is 1. The van der Waals surface area contributed by atoms with Crippen molar-refractivity contribution in [2.24, 2.45) is 0 Å². The lowest BCUT2D eigenvalue weighted by Gasteiger charge is -2.23. The highest BCUT2D eigenvalue weighted by Crippen LogP contribution is 2.13. The van der Waals surface area contributed by atoms with Crippen LogP contribution in [0.1, 0.15) is 30.5 Å². The van der Waals surface area contributed by atoms with Gasteiger partial charge in [-0.05, 0) is 45.2 Å². The Labute approximate surface area is 149 Å². The van der Waals surface area contributed by atoms with Crippen molar-refractivity contribution >= 4 is 18.9 Å². The number of amides is 2. The van der Waals surface area contributed by atoms with Gasteiger partial charge in [0.2, 0.25) is 11.8 Å². The van der Waals surface area contributed by atoms with Gasteiger partial charge in [0.1, 0.15) is 0 Å². The van der Waals surface area contributed by atoms with Gasteiger partial charge in [-0.3, -0.25) is 9.59 Å². The number of carbonyl (C=O) groups excluding carboxylic acids is 2. The molecular weight excluding hydrogens is 319 g/mol. The van der Waals surface area contributed by atoms with Crippen molar-refractivity contribution < 1.29 is 19.6 Å². The van der Waals surface area contributed by atoms with E-state index in [0.29, 0.717) is 12.1 Å². The second-order valence-corrected chi connectivity index (χ2v) is 6.32. The molecule has 0 bridgehead atoms. The minimum absolute atomic E-state index is 0.154. The van der Waals surface area contributed by atoms with Crippen molar-refractivity contribution in [2.75, 3.05) is 13.1 Å². The fourth-order valence-electron chi connectivity index (χ4n) is 2.57. The molecule has 0 heterocycles. The van der Waals surface area contributed by atoms with Crippen molar-refractivity contribution in [3.8, 4) is 0 Å². The molecule has 136 valence electrons. The molecule has 6 nitrogen and oxygen atoms in total. The molecule has 3 N–H and O–H groups in total. The predicted molar refractivity (Wildman–Crippen MR) is 98.8 cm³/mol. The van der Waals surface area contributed by atoms with Gasteiger partial charge in [0.25, 0.3) is 0 Å². The minimum atomic E-state index is -1.70. The Morgan fingerprint density at radius 1 is 1.32 bits per heavy atom. The molecule has 0 saturated heterocycles. The van der Waals surface area contributed by atoms with E-state index >= 15 is 0 Å². The number of rotatable bonds is 8. The molecule has 25 heavy (non-hydrogen) atoms. The fraction of sp³-hybridized carbons (Fsp3) is 0.444. The van der Waals surface area contributed by atoms with Crippen LogP contribution >= 0.6 is 0 Å². The zero-order valence-corrected chi connectivity index (χ0v) is 15.4. The molecule has 1 aromatic rings. The van der Waals surface area contributed by atoms with Crippen LogP contribution in [0.5, 0.6) is 0 Å². The second-order valence-electron chi connectivity index (χ2n) is 6.32. The molecule has 0 aliphatic rings. The minimum Gasteiger partial charge on any atom is -0.426 e. The van der Waals surface area contributed by atoms with Gasteiger partial charge in [-0.2, -0.15) is 0 Å². The van der Waals surface area contributed by atoms with E-state index < -0.39 is 19.0 Å². The van der Waals surface area contributed by atoms with Gasteiger partial charge < -0.3 is 20.3 Å². The molecule has 0 aliphatic carbocycles. The molecule has 2 amide bonds. The molecule has 0 saturated carbocycles. The molecule has 1 atom stereocenters. The number of likely N-dealkylation sites (N-methyl/N-ethyl adjacent to an activating group) is 1. The third kappa shape index (κ3) is 6.36. The summed E-state index contributed by atoms with van der Waals surface area (Å²) in [5, 5.41) is 21.8. The number of hydrogen-bond donors (Lipinski definition) is 3. The van der Waals surface area contributed by atoms with E-state index in [1.165, 1.54) is 4.90 Å². The van der Waals surface area contributed by atoms with Crippen LogP contribution in [0.3, 0.4) is 0 Å². The predicted octanol–water partition coefficient (Wildman–Crippen LogP) is 0.767. The van der Waals surface area contributed by atoms with E-state index in [1.54, 1.807) is 13.8 Å². The third-order valence-electron chi connectivity index (χ3n) is 4.01. The molecular formula is C18H27BN2O4. The van der Waals surface area contributed by atoms with E-state index in [4.69, 9.17) is 0 Å². The lowest BCUT2D eigenvalue weighted by molar-refractivity contribution is -0.133. The number of carbonyl (C=O) groups is 2. The van der Waals surface area contributed by atoms with Gasteiger partial charge in [-0.15, -0.1) is 0 Å². The van der Waals surface area contributed by atoms with E-state index in [-0.39, 0.29) is 18.9 Å². The summed E-state index contributed by atoms with van der Waals surface area (Å²) in [4.78, 5) is 25.5. The summed E-state index contributed by atoms with van der Waals surface area (Å²) in [5.41, 5.74) is 3.41. The van der Waals surface area contributed by atoms with Crippen LogP contribution in [0, 0.1) is 13.8 Å². The number of nitrogens with one attached hydrogen (secondary N) is 1. The zero-order chi connectivity index (χ0) is 19.1. The van der Waals surface area contributed by atoms with Crippen molar-refractivity contribution in [3.05, 3.63) is 47.0 Å². The monoisotopic (exact) mass is 346 g/mol. The van der Waals surface area contributed by atoms with Crippen LogP contribution in [-0.2, 0) is 16.0 Å². The molecule has 1 aromatic carbocycles. The normalized spacial score (nSPS) is 11.6. The molecule has 1 rings (SSSR count). The molecule has 1 unspecified atom stereocenters. The Morgan fingerprint density at radius 2 is 1.96 bits per heavy atom. The van der Waals surface area contributed by atoms with E-state index in [9.17, 15) is 19.6 Å². The largest absolute Gasteiger partial charge is 0.475 e. The summed E-state index contributed by atoms with van der Waals surface area (Å²) in [5.74, 6) is -1.60. The van der Waals surface area contributed by atoms with E-state index in [2.05, 4.69) is 11.9 Å². The van der Waals surface area contributed by atoms with Crippen molar-refractivity contribution in [1.29, 1.82) is 0 Å². The average Bonchev–Trinajstić information content (AvgIpc) is 2.53. The molecule has 0 radical (unpaired) electrons. The summed E-state index contributed by atoms with van der Waals surface area (Å²) in [7, 11) is -1.70. The van der Waals surface area contributed by atoms with Crippen molar-refractivity contribution in [1.82, 2.24) is 10.2 Å². The Kier molecular flexibility index (Phi) is 7.86. The lowest BCUT2D eigenvalue weighted by atomic mass is 9.75. The average molecular weight is 346 g/mol. The second kappa shape index (κ2) is 9.39. The highest BCUT2D eigenvalue weighted by Gasteiger charge is 2.27. The maximum Gasteiger partial charge on any atom is 0.475 e. The van der Waals surface area contributed by atoms with Crippen LogP contribution < -0.4 is 5.32 Å². The quantitative estimate of drug-likeness (QED) is 0.479. The van der Waals surface area contributed by atoms with Crippen molar-refractivity contribution in [2.45, 2.75) is 40.1 Å². The van der Waals surface area contributed by atoms with Gasteiger partial charge in [-0.1, -0.05) is 30.3 Å². The van der Waals surface area contributed by atoms with Crippen molar-refractivity contribution in [3.63, 3.8) is 0 Å². The number of hydrogen-bond acceptors (Lipinski definition) is 4. The SMILES string of the molecule is C=C(C)C(=O)N(CC)CC(=O)NC(Cc1ccc(C)cc1C)B(O)O. The molecule has 0 spiro atoms. The number of aryl methyl sites for hydroxylation is 2. The maximum absolute atomic E-state index is 12.2. The van der Waals surface area contributed by atoms with Gasteiger partial charge in [0.15, 0.2) is 0 Å². The first kappa shape index (κ1) is 20.9. The Bertz CT molecular complexity index is 646. The van der Waals surface area contributed by atoms with Gasteiger partial charge in [0, 0.05) is 12.1 Å². The van der Waals surface area contributed by atoms with Gasteiger partial charge in [0.05, 0.1) is 12.5 Å². The van der Waals surface area contributed by atoms with Crippen LogP contribution in [0.4, 0.5) is 0 Å². The first-order valence-corrected chi connectivity index (χ1v) is 8.32. The topological polar surface area (TPSA) is 89.9 Å². The standard InChI is InChI=1S/C18H27BN2O4/c1-6-21(18(23)12(2)3)11-17(22)20-16(19(24)25)10-15-8-7-13(4)9-14(15)5/h7-9,16,24-25H,2,6,10-11H2,1,3-5H3,(H,20,22). The first-order chi connectivity index (χ1) is 11.6. The van der Waals surface area contributed by atoms with Gasteiger partial charge >= 0.3 is 7.12 Å². The smallest absolute Gasteiger partial charge is 0.426 e. The fourth-order valence-corrected chi connectivity index (χ4v) is 2.57. The molecule has 0 aromatic heterocycles. The van der Waals surface area contributed by atoms with Crippen LogP contribution in [0.15, 0.2) is 30.4 Å². The molecule has 0 fully saturated rings. The lowest BCUT2D eigenvalue weighted by Crippen LogP contribution is -2.51. The maximum atomic E-state index is 12.2. The Hall–Kier alpha value is -2.12. The van der Waals surface area contributed by atoms with Crippen LogP contribution in [0.25, 0.3) is 0 Å². The Morgan fingerprint density at radius 3 is 2.44 bits per heavy atom. The summed E-state index contributed by atoms with van der Waals surface area (Å²) < 4.78 is 0. The first-order valence-electron chi connectivity index (χ1n) is 8.32. The van der Waals surface area contributed by atoms with Gasteiger partial charge in [-0.25, -0.2) is 0 Å². The summed E-state index contributed by atoms with van der Waals surface area (Å²) >= 11 is 0. The van der Waals surface area contributed by atoms with E-state index in [1.807, 2.05) is 32.0 Å². The summed E-state index contributed by atoms with van der Waals surface area (Å²) in [6, 6.07) is 5.85. The highest BCUT2D eigenvalue weighted by molar-refractivity contribution is 6.43. The van der Waals surface area contributed by atoms with Crippen LogP contribution in [-0.4, -0.2) is 52.9 Å². The molecule has 7 heteroatoms. The third-order valence-corrected chi connectivity index (χ3v) is 4.01. The highest BCUT2D eigenvalue weighted by atomic mass is 16.4. The zero-order valence-electron chi connectivity index (χ0n) is 15.4. The molecule has 0 aliphatic heterocycles.